The van der Waals surface area contributed by atoms with Crippen molar-refractivity contribution in [2.24, 2.45) is 5.10 Å². The molecular formula is C34H30BrN3O7. The minimum Gasteiger partial charge on any atom is -0.494 e. The number of carbonyl (C=O) groups is 2. The van der Waals surface area contributed by atoms with Gasteiger partial charge in [0.2, 0.25) is 5.75 Å². The van der Waals surface area contributed by atoms with Gasteiger partial charge in [-0.3, -0.25) is 4.79 Å². The molecule has 1 aromatic heterocycles. The number of aromatic nitrogens is 1. The highest BCUT2D eigenvalue weighted by Crippen LogP contribution is 2.39. The molecule has 11 heteroatoms. The molecule has 0 saturated carbocycles. The number of methoxy groups -OCH3 is 3. The molecule has 5 aromatic rings. The first-order valence-corrected chi connectivity index (χ1v) is 14.6. The molecule has 0 saturated heterocycles. The zero-order valence-corrected chi connectivity index (χ0v) is 26.6. The van der Waals surface area contributed by atoms with Crippen LogP contribution in [0.5, 0.6) is 28.7 Å². The first kappa shape index (κ1) is 31.1. The summed E-state index contributed by atoms with van der Waals surface area (Å²) in [4.78, 5) is 29.9. The van der Waals surface area contributed by atoms with E-state index < -0.39 is 11.9 Å². The van der Waals surface area contributed by atoms with Crippen molar-refractivity contribution in [1.82, 2.24) is 10.4 Å². The maximum atomic E-state index is 13.5. The Labute approximate surface area is 268 Å². The van der Waals surface area contributed by atoms with Gasteiger partial charge < -0.3 is 28.7 Å². The number of benzene rings is 4. The van der Waals surface area contributed by atoms with Crippen LogP contribution in [0, 0.1) is 0 Å². The summed E-state index contributed by atoms with van der Waals surface area (Å²) in [5.74, 6) is 0.778. The van der Waals surface area contributed by atoms with Crippen molar-refractivity contribution >= 4 is 44.9 Å². The average molecular weight is 673 g/mol. The fourth-order valence-electron chi connectivity index (χ4n) is 4.79. The number of rotatable bonds is 11. The van der Waals surface area contributed by atoms with E-state index in [1.807, 2.05) is 55.5 Å². The highest BCUT2D eigenvalue weighted by Gasteiger charge is 2.21. The summed E-state index contributed by atoms with van der Waals surface area (Å²) in [7, 11) is 4.39. The Bertz CT molecular complexity index is 1860. The topological polar surface area (TPSA) is 120 Å². The number of carbonyl (C=O) groups excluding carboxylic acids is 2. The molecule has 0 aliphatic rings. The summed E-state index contributed by atoms with van der Waals surface area (Å²) in [6.07, 6.45) is 1.40. The molecule has 0 unspecified atom stereocenters. The first-order chi connectivity index (χ1) is 21.9. The van der Waals surface area contributed by atoms with Gasteiger partial charge in [-0.25, -0.2) is 10.2 Å². The molecule has 0 radical (unpaired) electrons. The molecule has 1 heterocycles. The summed E-state index contributed by atoms with van der Waals surface area (Å²) in [6, 6.07) is 23.3. The number of aromatic amines is 1. The Balaban J connectivity index is 1.41. The molecule has 45 heavy (non-hydrogen) atoms. The number of halogens is 1. The van der Waals surface area contributed by atoms with Crippen molar-refractivity contribution in [2.45, 2.75) is 6.92 Å². The first-order valence-electron chi connectivity index (χ1n) is 13.9. The molecule has 4 aromatic carbocycles. The van der Waals surface area contributed by atoms with Gasteiger partial charge in [0, 0.05) is 26.5 Å². The summed E-state index contributed by atoms with van der Waals surface area (Å²) >= 11 is 3.44. The molecule has 0 fully saturated rings. The Morgan fingerprint density at radius 3 is 2.29 bits per heavy atom. The van der Waals surface area contributed by atoms with Crippen LogP contribution < -0.4 is 29.1 Å². The Morgan fingerprint density at radius 1 is 0.889 bits per heavy atom. The molecule has 10 nitrogen and oxygen atoms in total. The number of fused-ring (bicyclic) bond motifs is 1. The van der Waals surface area contributed by atoms with E-state index in [0.29, 0.717) is 40.9 Å². The summed E-state index contributed by atoms with van der Waals surface area (Å²) in [5.41, 5.74) is 5.92. The van der Waals surface area contributed by atoms with Crippen LogP contribution in [0.25, 0.3) is 22.0 Å². The van der Waals surface area contributed by atoms with E-state index in [1.54, 1.807) is 18.2 Å². The van der Waals surface area contributed by atoms with Crippen molar-refractivity contribution in [3.8, 4) is 39.9 Å². The van der Waals surface area contributed by atoms with Gasteiger partial charge in [0.1, 0.15) is 17.2 Å². The highest BCUT2D eigenvalue weighted by atomic mass is 79.9. The van der Waals surface area contributed by atoms with Gasteiger partial charge in [0.05, 0.1) is 39.7 Å². The number of ether oxygens (including phenoxy) is 5. The van der Waals surface area contributed by atoms with E-state index in [4.69, 9.17) is 23.7 Å². The maximum Gasteiger partial charge on any atom is 0.343 e. The molecule has 1 amide bonds. The number of amides is 1. The second-order valence-corrected chi connectivity index (χ2v) is 10.5. The molecule has 5 rings (SSSR count). The standard InChI is InChI=1S/C34H30BrN3O7/c1-5-44-24-12-13-26-25(18-24)30(20-9-7-6-8-10-20)31(37-26)33(39)38-36-19-22-15-23(35)11-14-27(22)45-34(40)21-16-28(41-2)32(43-4)29(17-21)42-3/h6-19,37H,5H2,1-4H3,(H,38,39). The average Bonchev–Trinajstić information content (AvgIpc) is 3.44. The number of nitrogens with zero attached hydrogens (tertiary/aromatic N) is 1. The SMILES string of the molecule is CCOc1ccc2[nH]c(C(=O)NN=Cc3cc(Br)ccc3OC(=O)c3cc(OC)c(OC)c(OC)c3)c(-c3ccccc3)c2c1. The summed E-state index contributed by atoms with van der Waals surface area (Å²) in [6.45, 7) is 2.44. The molecule has 230 valence electrons. The number of hydrogen-bond acceptors (Lipinski definition) is 8. The number of H-pyrrole nitrogens is 1. The third kappa shape index (κ3) is 6.78. The molecule has 0 atom stereocenters. The zero-order valence-electron chi connectivity index (χ0n) is 25.0. The number of esters is 1. The third-order valence-corrected chi connectivity index (χ3v) is 7.31. The molecular weight excluding hydrogens is 642 g/mol. The minimum atomic E-state index is -0.660. The van der Waals surface area contributed by atoms with Gasteiger partial charge in [0.15, 0.2) is 11.5 Å². The Morgan fingerprint density at radius 2 is 1.62 bits per heavy atom. The monoisotopic (exact) mass is 671 g/mol. The van der Waals surface area contributed by atoms with Gasteiger partial charge in [-0.15, -0.1) is 0 Å². The summed E-state index contributed by atoms with van der Waals surface area (Å²) < 4.78 is 28.2. The number of hydrogen-bond donors (Lipinski definition) is 2. The molecule has 0 aliphatic carbocycles. The van der Waals surface area contributed by atoms with Crippen molar-refractivity contribution < 1.29 is 33.3 Å². The van der Waals surface area contributed by atoms with E-state index in [1.165, 1.54) is 39.7 Å². The van der Waals surface area contributed by atoms with E-state index >= 15 is 0 Å². The Hall–Kier alpha value is -5.29. The van der Waals surface area contributed by atoms with Crippen LogP contribution in [0.3, 0.4) is 0 Å². The van der Waals surface area contributed by atoms with Crippen molar-refractivity contribution in [3.05, 3.63) is 100 Å². The molecule has 0 spiro atoms. The lowest BCUT2D eigenvalue weighted by Gasteiger charge is -2.14. The predicted octanol–water partition coefficient (Wildman–Crippen LogP) is 7.01. The van der Waals surface area contributed by atoms with Crippen LogP contribution in [-0.2, 0) is 0 Å². The number of nitrogens with one attached hydrogen (secondary N) is 2. The lowest BCUT2D eigenvalue weighted by molar-refractivity contribution is 0.0733. The van der Waals surface area contributed by atoms with E-state index in [2.05, 4.69) is 31.4 Å². The van der Waals surface area contributed by atoms with Crippen LogP contribution >= 0.6 is 15.9 Å². The summed E-state index contributed by atoms with van der Waals surface area (Å²) in [5, 5.41) is 5.03. The predicted molar refractivity (Wildman–Crippen MR) is 175 cm³/mol. The lowest BCUT2D eigenvalue weighted by Crippen LogP contribution is -2.19. The molecule has 0 aliphatic heterocycles. The second kappa shape index (κ2) is 14.0. The van der Waals surface area contributed by atoms with Crippen molar-refractivity contribution in [2.75, 3.05) is 27.9 Å². The van der Waals surface area contributed by atoms with Crippen molar-refractivity contribution in [1.29, 1.82) is 0 Å². The van der Waals surface area contributed by atoms with E-state index in [0.717, 1.165) is 26.5 Å². The largest absolute Gasteiger partial charge is 0.494 e. The zero-order chi connectivity index (χ0) is 31.9. The second-order valence-electron chi connectivity index (χ2n) is 9.57. The van der Waals surface area contributed by atoms with Crippen LogP contribution in [0.2, 0.25) is 0 Å². The van der Waals surface area contributed by atoms with Gasteiger partial charge in [-0.1, -0.05) is 46.3 Å². The molecule has 0 bridgehead atoms. The van der Waals surface area contributed by atoms with Crippen LogP contribution in [-0.4, -0.2) is 51.0 Å². The van der Waals surface area contributed by atoms with Gasteiger partial charge >= 0.3 is 5.97 Å². The lowest BCUT2D eigenvalue weighted by atomic mass is 10.0. The fourth-order valence-corrected chi connectivity index (χ4v) is 5.17. The van der Waals surface area contributed by atoms with E-state index in [9.17, 15) is 9.59 Å². The maximum absolute atomic E-state index is 13.5. The van der Waals surface area contributed by atoms with Gasteiger partial charge in [-0.05, 0) is 61.0 Å². The van der Waals surface area contributed by atoms with E-state index in [-0.39, 0.29) is 11.3 Å². The highest BCUT2D eigenvalue weighted by molar-refractivity contribution is 9.10. The van der Waals surface area contributed by atoms with Gasteiger partial charge in [-0.2, -0.15) is 5.10 Å². The van der Waals surface area contributed by atoms with Crippen LogP contribution in [0.15, 0.2) is 88.4 Å². The smallest absolute Gasteiger partial charge is 0.343 e. The number of hydrazone groups is 1. The van der Waals surface area contributed by atoms with Crippen LogP contribution in [0.4, 0.5) is 0 Å². The normalized spacial score (nSPS) is 11.0. The van der Waals surface area contributed by atoms with Crippen molar-refractivity contribution in [3.63, 3.8) is 0 Å². The Kier molecular flexibility index (Phi) is 9.69. The molecule has 2 N–H and O–H groups in total. The van der Waals surface area contributed by atoms with Gasteiger partial charge in [0.25, 0.3) is 5.91 Å². The van der Waals surface area contributed by atoms with Crippen LogP contribution in [0.1, 0.15) is 33.3 Å². The fraction of sp³-hybridized carbons (Fsp3) is 0.147. The quantitative estimate of drug-likeness (QED) is 0.0671. The minimum absolute atomic E-state index is 0.184. The third-order valence-electron chi connectivity index (χ3n) is 6.82.